The Morgan fingerprint density at radius 3 is 2.62 bits per heavy atom. The van der Waals surface area contributed by atoms with Crippen LogP contribution in [0.5, 0.6) is 0 Å². The van der Waals surface area contributed by atoms with Gasteiger partial charge in [-0.15, -0.1) is 0 Å². The molecule has 4 nitrogen and oxygen atoms in total. The predicted octanol–water partition coefficient (Wildman–Crippen LogP) is 2.41. The van der Waals surface area contributed by atoms with Gasteiger partial charge in [-0.05, 0) is 49.7 Å². The van der Waals surface area contributed by atoms with Gasteiger partial charge in [0, 0.05) is 16.8 Å². The lowest BCUT2D eigenvalue weighted by atomic mass is 9.95. The summed E-state index contributed by atoms with van der Waals surface area (Å²) in [5.74, 6) is -0.0440. The van der Waals surface area contributed by atoms with E-state index >= 15 is 0 Å². The van der Waals surface area contributed by atoms with Crippen molar-refractivity contribution in [2.45, 2.75) is 31.8 Å². The minimum Gasteiger partial charge on any atom is -0.351 e. The third-order valence-electron chi connectivity index (χ3n) is 3.63. The smallest absolute Gasteiger partial charge is 0.251 e. The first kappa shape index (κ1) is 14.4. The molecule has 1 aliphatic carbocycles. The molecule has 1 amide bonds. The Labute approximate surface area is 133 Å². The molecular formula is C15H16ClN3OS. The highest BCUT2D eigenvalue weighted by Crippen LogP contribution is 2.29. The van der Waals surface area contributed by atoms with Crippen molar-refractivity contribution in [1.29, 1.82) is 0 Å². The van der Waals surface area contributed by atoms with Crippen LogP contribution < -0.4 is 16.0 Å². The van der Waals surface area contributed by atoms with Crippen LogP contribution >= 0.6 is 23.8 Å². The minimum atomic E-state index is -0.255. The SMILES string of the molecule is CC1=C(C(=O)NC2CC2)[C@H](c2ccc(Cl)cc2)NC(=S)N1. The summed E-state index contributed by atoms with van der Waals surface area (Å²) in [5.41, 5.74) is 2.43. The van der Waals surface area contributed by atoms with Crippen molar-refractivity contribution >= 4 is 34.8 Å². The van der Waals surface area contributed by atoms with Gasteiger partial charge in [0.25, 0.3) is 5.91 Å². The summed E-state index contributed by atoms with van der Waals surface area (Å²) in [6, 6.07) is 7.51. The molecule has 1 atom stereocenters. The van der Waals surface area contributed by atoms with Gasteiger partial charge in [-0.3, -0.25) is 4.79 Å². The molecule has 0 aromatic heterocycles. The largest absolute Gasteiger partial charge is 0.351 e. The quantitative estimate of drug-likeness (QED) is 0.748. The van der Waals surface area contributed by atoms with Crippen molar-refractivity contribution in [3.05, 3.63) is 46.1 Å². The Hall–Kier alpha value is -1.59. The molecule has 0 radical (unpaired) electrons. The second-order valence-electron chi connectivity index (χ2n) is 5.37. The number of carbonyl (C=O) groups excluding carboxylic acids is 1. The molecule has 1 aromatic carbocycles. The van der Waals surface area contributed by atoms with Crippen LogP contribution in [0.2, 0.25) is 5.02 Å². The number of amides is 1. The number of thiocarbonyl (C=S) groups is 1. The van der Waals surface area contributed by atoms with Gasteiger partial charge < -0.3 is 16.0 Å². The lowest BCUT2D eigenvalue weighted by molar-refractivity contribution is -0.118. The van der Waals surface area contributed by atoms with Crippen molar-refractivity contribution in [2.24, 2.45) is 0 Å². The van der Waals surface area contributed by atoms with Gasteiger partial charge in [0.15, 0.2) is 5.11 Å². The van der Waals surface area contributed by atoms with E-state index in [0.29, 0.717) is 21.8 Å². The molecule has 6 heteroatoms. The molecule has 1 aromatic rings. The van der Waals surface area contributed by atoms with Crippen molar-refractivity contribution < 1.29 is 4.79 Å². The topological polar surface area (TPSA) is 53.2 Å². The van der Waals surface area contributed by atoms with Crippen molar-refractivity contribution in [2.75, 3.05) is 0 Å². The van der Waals surface area contributed by atoms with Gasteiger partial charge in [0.2, 0.25) is 0 Å². The second-order valence-corrected chi connectivity index (χ2v) is 6.21. The highest BCUT2D eigenvalue weighted by atomic mass is 35.5. The normalized spacial score (nSPS) is 21.6. The van der Waals surface area contributed by atoms with Gasteiger partial charge in [-0.2, -0.15) is 0 Å². The van der Waals surface area contributed by atoms with Crippen molar-refractivity contribution in [1.82, 2.24) is 16.0 Å². The zero-order valence-electron chi connectivity index (χ0n) is 11.6. The molecule has 1 aliphatic heterocycles. The average Bonchev–Trinajstić information content (AvgIpc) is 3.22. The Kier molecular flexibility index (Phi) is 3.87. The molecular weight excluding hydrogens is 306 g/mol. The van der Waals surface area contributed by atoms with E-state index in [2.05, 4.69) is 16.0 Å². The van der Waals surface area contributed by atoms with Crippen LogP contribution in [0.4, 0.5) is 0 Å². The van der Waals surface area contributed by atoms with E-state index in [1.165, 1.54) is 0 Å². The van der Waals surface area contributed by atoms with Crippen LogP contribution in [-0.2, 0) is 4.79 Å². The fourth-order valence-electron chi connectivity index (χ4n) is 2.39. The molecule has 1 heterocycles. The highest BCUT2D eigenvalue weighted by molar-refractivity contribution is 7.80. The first-order valence-corrected chi connectivity index (χ1v) is 7.68. The van der Waals surface area contributed by atoms with Crippen LogP contribution in [0.3, 0.4) is 0 Å². The molecule has 2 aliphatic rings. The fraction of sp³-hybridized carbons (Fsp3) is 0.333. The molecule has 21 heavy (non-hydrogen) atoms. The lowest BCUT2D eigenvalue weighted by Gasteiger charge is -2.30. The van der Waals surface area contributed by atoms with Gasteiger partial charge >= 0.3 is 0 Å². The van der Waals surface area contributed by atoms with Crippen LogP contribution in [0.25, 0.3) is 0 Å². The number of carbonyl (C=O) groups is 1. The maximum atomic E-state index is 12.5. The van der Waals surface area contributed by atoms with E-state index < -0.39 is 0 Å². The number of benzene rings is 1. The molecule has 0 saturated heterocycles. The maximum absolute atomic E-state index is 12.5. The molecule has 3 rings (SSSR count). The van der Waals surface area contributed by atoms with Gasteiger partial charge in [0.05, 0.1) is 11.6 Å². The van der Waals surface area contributed by atoms with Crippen molar-refractivity contribution in [3.63, 3.8) is 0 Å². The van der Waals surface area contributed by atoms with E-state index in [4.69, 9.17) is 23.8 Å². The van der Waals surface area contributed by atoms with Gasteiger partial charge in [-0.1, -0.05) is 23.7 Å². The lowest BCUT2D eigenvalue weighted by Crippen LogP contribution is -2.47. The van der Waals surface area contributed by atoms with E-state index in [0.717, 1.165) is 24.1 Å². The van der Waals surface area contributed by atoms with E-state index in [-0.39, 0.29) is 11.9 Å². The fourth-order valence-corrected chi connectivity index (χ4v) is 2.79. The summed E-state index contributed by atoms with van der Waals surface area (Å²) in [5, 5.41) is 10.4. The Morgan fingerprint density at radius 1 is 1.33 bits per heavy atom. The third kappa shape index (κ3) is 3.19. The zero-order chi connectivity index (χ0) is 15.0. The van der Waals surface area contributed by atoms with E-state index in [1.807, 2.05) is 31.2 Å². The molecule has 1 saturated carbocycles. The van der Waals surface area contributed by atoms with Crippen LogP contribution in [0.1, 0.15) is 31.4 Å². The number of allylic oxidation sites excluding steroid dienone is 1. The third-order valence-corrected chi connectivity index (χ3v) is 4.10. The molecule has 0 spiro atoms. The zero-order valence-corrected chi connectivity index (χ0v) is 13.1. The maximum Gasteiger partial charge on any atom is 0.251 e. The molecule has 0 unspecified atom stereocenters. The summed E-state index contributed by atoms with van der Waals surface area (Å²) in [6.45, 7) is 1.87. The second kappa shape index (κ2) is 5.66. The highest BCUT2D eigenvalue weighted by Gasteiger charge is 2.32. The molecule has 3 N–H and O–H groups in total. The van der Waals surface area contributed by atoms with Crippen LogP contribution in [0, 0.1) is 0 Å². The molecule has 1 fully saturated rings. The monoisotopic (exact) mass is 321 g/mol. The first-order chi connectivity index (χ1) is 10.0. The standard InChI is InChI=1S/C15H16ClN3OS/c1-8-12(14(20)18-11-6-7-11)13(19-15(21)17-8)9-2-4-10(16)5-3-9/h2-5,11,13H,6-7H2,1H3,(H,18,20)(H2,17,19,21)/t13-/m0/s1. The first-order valence-electron chi connectivity index (χ1n) is 6.89. The average molecular weight is 322 g/mol. The summed E-state index contributed by atoms with van der Waals surface area (Å²) in [4.78, 5) is 12.5. The van der Waals surface area contributed by atoms with E-state index in [9.17, 15) is 4.79 Å². The number of nitrogens with one attached hydrogen (secondary N) is 3. The van der Waals surface area contributed by atoms with E-state index in [1.54, 1.807) is 0 Å². The minimum absolute atomic E-state index is 0.0440. The summed E-state index contributed by atoms with van der Waals surface area (Å²) < 4.78 is 0. The number of halogens is 1. The van der Waals surface area contributed by atoms with Gasteiger partial charge in [-0.25, -0.2) is 0 Å². The summed E-state index contributed by atoms with van der Waals surface area (Å²) in [6.07, 6.45) is 2.12. The number of rotatable bonds is 3. The Bertz CT molecular complexity index is 622. The van der Waals surface area contributed by atoms with Crippen LogP contribution in [0.15, 0.2) is 35.5 Å². The molecule has 0 bridgehead atoms. The van der Waals surface area contributed by atoms with Gasteiger partial charge in [0.1, 0.15) is 0 Å². The summed E-state index contributed by atoms with van der Waals surface area (Å²) >= 11 is 11.1. The predicted molar refractivity (Wildman–Crippen MR) is 86.9 cm³/mol. The Balaban J connectivity index is 1.94. The van der Waals surface area contributed by atoms with Crippen LogP contribution in [-0.4, -0.2) is 17.1 Å². The summed E-state index contributed by atoms with van der Waals surface area (Å²) in [7, 11) is 0. The van der Waals surface area contributed by atoms with Crippen molar-refractivity contribution in [3.8, 4) is 0 Å². The number of hydrogen-bond donors (Lipinski definition) is 3. The Morgan fingerprint density at radius 2 is 2.00 bits per heavy atom. The number of hydrogen-bond acceptors (Lipinski definition) is 2. The molecule has 110 valence electrons.